The van der Waals surface area contributed by atoms with Crippen LogP contribution in [-0.4, -0.2) is 54.0 Å². The van der Waals surface area contributed by atoms with E-state index in [1.54, 1.807) is 13.3 Å². The van der Waals surface area contributed by atoms with Gasteiger partial charge in [-0.1, -0.05) is 6.07 Å². The van der Waals surface area contributed by atoms with Crippen molar-refractivity contribution in [3.8, 4) is 11.5 Å². The van der Waals surface area contributed by atoms with Gasteiger partial charge in [0.2, 0.25) is 5.91 Å². The first kappa shape index (κ1) is 26.3. The molecule has 2 N–H and O–H groups in total. The summed E-state index contributed by atoms with van der Waals surface area (Å²) in [6, 6.07) is 7.22. The maximum absolute atomic E-state index is 13.8. The van der Waals surface area contributed by atoms with E-state index in [1.165, 1.54) is 34.5 Å². The number of benzene rings is 2. The van der Waals surface area contributed by atoms with Gasteiger partial charge >= 0.3 is 141 Å². The normalized spacial score (nSPS) is 11.1. The van der Waals surface area contributed by atoms with Gasteiger partial charge < -0.3 is 5.32 Å². The zero-order valence-electron chi connectivity index (χ0n) is 20.7. The topological polar surface area (TPSA) is 103 Å². The van der Waals surface area contributed by atoms with E-state index >= 15 is 0 Å². The van der Waals surface area contributed by atoms with E-state index in [9.17, 15) is 13.6 Å². The molecular formula is C25H27AsF2N6O3. The molecule has 194 valence electrons. The average Bonchev–Trinajstić information content (AvgIpc) is 3.30. The molecule has 2 aromatic heterocycles. The molecule has 0 fully saturated rings. The van der Waals surface area contributed by atoms with Crippen LogP contribution in [0, 0.1) is 11.6 Å². The monoisotopic (exact) mass is 572 g/mol. The SMILES string of the molecule is COc1cc2c(Nc3cnn(CC(=O)Nc4cccc(F)c4F)c3)ncnc2cc1OCCC[As](C)C. The van der Waals surface area contributed by atoms with Gasteiger partial charge in [0.05, 0.1) is 5.69 Å². The maximum atomic E-state index is 13.8. The summed E-state index contributed by atoms with van der Waals surface area (Å²) in [6.45, 7) is 0.416. The zero-order chi connectivity index (χ0) is 26.4. The van der Waals surface area contributed by atoms with Crippen molar-refractivity contribution < 1.29 is 23.0 Å². The van der Waals surface area contributed by atoms with Crippen molar-refractivity contribution in [1.29, 1.82) is 0 Å². The molecule has 0 atom stereocenters. The van der Waals surface area contributed by atoms with E-state index in [4.69, 9.17) is 9.47 Å². The Kier molecular flexibility index (Phi) is 8.55. The number of carbonyl (C=O) groups is 1. The van der Waals surface area contributed by atoms with Crippen LogP contribution in [0.2, 0.25) is 16.6 Å². The molecule has 0 radical (unpaired) electrons. The fourth-order valence-corrected chi connectivity index (χ4v) is 5.19. The van der Waals surface area contributed by atoms with Gasteiger partial charge in [-0.25, -0.2) is 8.78 Å². The Morgan fingerprint density at radius 3 is 2.78 bits per heavy atom. The minimum absolute atomic E-state index is 0.198. The molecule has 2 heterocycles. The Balaban J connectivity index is 1.45. The van der Waals surface area contributed by atoms with Gasteiger partial charge in [-0.15, -0.1) is 0 Å². The van der Waals surface area contributed by atoms with Crippen LogP contribution in [-0.2, 0) is 11.3 Å². The molecule has 4 rings (SSSR count). The number of aromatic nitrogens is 4. The van der Waals surface area contributed by atoms with E-state index < -0.39 is 32.2 Å². The average molecular weight is 572 g/mol. The summed E-state index contributed by atoms with van der Waals surface area (Å²) in [6.07, 6.45) is 5.57. The van der Waals surface area contributed by atoms with Crippen LogP contribution in [0.1, 0.15) is 6.42 Å². The number of halogens is 2. The molecule has 1 amide bonds. The summed E-state index contributed by atoms with van der Waals surface area (Å²) in [5.41, 5.74) is 5.66. The van der Waals surface area contributed by atoms with Gasteiger partial charge in [0.1, 0.15) is 6.54 Å². The Bertz CT molecular complexity index is 1400. The molecule has 0 aliphatic carbocycles. The summed E-state index contributed by atoms with van der Waals surface area (Å²) < 4.78 is 40.0. The number of hydrogen-bond donors (Lipinski definition) is 2. The van der Waals surface area contributed by atoms with Crippen LogP contribution < -0.4 is 20.1 Å². The molecule has 0 bridgehead atoms. The van der Waals surface area contributed by atoms with Gasteiger partial charge in [-0.3, -0.25) is 9.48 Å². The molecule has 0 spiro atoms. The number of rotatable bonds is 11. The van der Waals surface area contributed by atoms with Crippen LogP contribution in [0.25, 0.3) is 10.9 Å². The third kappa shape index (κ3) is 6.74. The van der Waals surface area contributed by atoms with Crippen molar-refractivity contribution in [3.05, 3.63) is 60.7 Å². The van der Waals surface area contributed by atoms with Gasteiger partial charge in [0.15, 0.2) is 11.6 Å². The van der Waals surface area contributed by atoms with Gasteiger partial charge in [-0.05, 0) is 12.1 Å². The van der Waals surface area contributed by atoms with Crippen molar-refractivity contribution in [2.24, 2.45) is 0 Å². The van der Waals surface area contributed by atoms with Crippen LogP contribution in [0.15, 0.2) is 49.1 Å². The number of nitrogens with one attached hydrogen (secondary N) is 2. The van der Waals surface area contributed by atoms with E-state index in [1.807, 2.05) is 12.1 Å². The van der Waals surface area contributed by atoms with Crippen molar-refractivity contribution in [3.63, 3.8) is 0 Å². The Hall–Kier alpha value is -3.72. The molecular weight excluding hydrogens is 545 g/mol. The van der Waals surface area contributed by atoms with Crippen molar-refractivity contribution in [2.75, 3.05) is 24.4 Å². The molecule has 0 saturated heterocycles. The second kappa shape index (κ2) is 12.0. The number of amides is 1. The third-order valence-corrected chi connectivity index (χ3v) is 7.90. The predicted octanol–water partition coefficient (Wildman–Crippen LogP) is 5.02. The van der Waals surface area contributed by atoms with Crippen LogP contribution in [0.4, 0.5) is 26.0 Å². The number of hydrogen-bond acceptors (Lipinski definition) is 7. The summed E-state index contributed by atoms with van der Waals surface area (Å²) >= 11 is -0.684. The molecule has 0 aliphatic rings. The third-order valence-electron chi connectivity index (χ3n) is 5.36. The van der Waals surface area contributed by atoms with Crippen molar-refractivity contribution in [2.45, 2.75) is 29.6 Å². The summed E-state index contributed by atoms with van der Waals surface area (Å²) in [5.74, 6) is -0.991. The van der Waals surface area contributed by atoms with Crippen molar-refractivity contribution >= 4 is 48.7 Å². The molecule has 37 heavy (non-hydrogen) atoms. The zero-order valence-corrected chi connectivity index (χ0v) is 22.5. The van der Waals surface area contributed by atoms with E-state index in [-0.39, 0.29) is 12.2 Å². The minimum atomic E-state index is -1.12. The summed E-state index contributed by atoms with van der Waals surface area (Å²) in [5, 5.41) is 11.6. The van der Waals surface area contributed by atoms with Gasteiger partial charge in [0.25, 0.3) is 0 Å². The molecule has 0 aliphatic heterocycles. The fraction of sp³-hybridized carbons (Fsp3) is 0.280. The molecule has 12 heteroatoms. The van der Waals surface area contributed by atoms with E-state index in [2.05, 4.69) is 37.1 Å². The molecule has 4 aromatic rings. The molecule has 9 nitrogen and oxygen atoms in total. The van der Waals surface area contributed by atoms with E-state index in [0.717, 1.165) is 12.5 Å². The van der Waals surface area contributed by atoms with Crippen LogP contribution in [0.3, 0.4) is 0 Å². The van der Waals surface area contributed by atoms with Crippen LogP contribution in [0.5, 0.6) is 11.5 Å². The summed E-state index contributed by atoms with van der Waals surface area (Å²) in [7, 11) is 1.58. The number of carbonyl (C=O) groups excluding carboxylic acids is 1. The Morgan fingerprint density at radius 2 is 2.00 bits per heavy atom. The second-order valence-corrected chi connectivity index (χ2v) is 13.9. The van der Waals surface area contributed by atoms with Crippen molar-refractivity contribution in [1.82, 2.24) is 19.7 Å². The van der Waals surface area contributed by atoms with Gasteiger partial charge in [0, 0.05) is 0 Å². The number of ether oxygens (including phenoxy) is 2. The number of methoxy groups -OCH3 is 1. The first-order valence-corrected chi connectivity index (χ1v) is 16.6. The van der Waals surface area contributed by atoms with E-state index in [0.29, 0.717) is 40.5 Å². The molecule has 2 aromatic carbocycles. The first-order valence-electron chi connectivity index (χ1n) is 11.5. The second-order valence-electron chi connectivity index (χ2n) is 8.45. The quantitative estimate of drug-likeness (QED) is 0.192. The fourth-order valence-electron chi connectivity index (χ4n) is 3.59. The molecule has 0 unspecified atom stereocenters. The Labute approximate surface area is 217 Å². The van der Waals surface area contributed by atoms with Gasteiger partial charge in [-0.2, -0.15) is 5.10 Å². The number of anilines is 3. The Morgan fingerprint density at radius 1 is 1.16 bits per heavy atom. The molecule has 0 saturated carbocycles. The predicted molar refractivity (Wildman–Crippen MR) is 139 cm³/mol. The van der Waals surface area contributed by atoms with Crippen LogP contribution >= 0.6 is 0 Å². The summed E-state index contributed by atoms with van der Waals surface area (Å²) in [4.78, 5) is 21.0. The number of fused-ring (bicyclic) bond motifs is 1. The number of nitrogens with zero attached hydrogens (tertiary/aromatic N) is 4. The first-order chi connectivity index (χ1) is 17.8. The standard InChI is InChI=1S/C25H27AsF2N6O3/c1-26(2)8-5-9-37-22-11-20-17(10-21(22)36-3)25(30-15-29-20)32-16-12-31-34(13-16)14-23(35)33-19-7-4-6-18(27)24(19)28/h4,6-7,10-13,15H,5,8-9,14H2,1-3H3,(H,33,35)(H,29,30,32).